The molecule has 0 aliphatic carbocycles. The Hall–Kier alpha value is -0.170. The summed E-state index contributed by atoms with van der Waals surface area (Å²) >= 11 is 0. The highest BCUT2D eigenvalue weighted by Crippen LogP contribution is 2.09. The Morgan fingerprint density at radius 3 is 2.43 bits per heavy atom. The van der Waals surface area contributed by atoms with Crippen molar-refractivity contribution in [3.8, 4) is 0 Å². The lowest BCUT2D eigenvalue weighted by molar-refractivity contribution is 0.0199. The molecule has 0 radical (unpaired) electrons. The van der Waals surface area contributed by atoms with Gasteiger partial charge in [0.1, 0.15) is 0 Å². The fourth-order valence-electron chi connectivity index (χ4n) is 1.67. The van der Waals surface area contributed by atoms with Gasteiger partial charge in [-0.25, -0.2) is 0 Å². The number of hydrogen-bond donors (Lipinski definition) is 1. The first-order valence-corrected chi connectivity index (χ1v) is 6.41. The maximum absolute atomic E-state index is 10.7. The number of hydrogen-bond acceptors (Lipinski definition) is 4. The highest BCUT2D eigenvalue weighted by Gasteiger charge is 2.23. The SMILES string of the molecule is CCC(CS(=O)(=O)O)N1CCOCC1. The van der Waals surface area contributed by atoms with Gasteiger partial charge in [0.15, 0.2) is 0 Å². The average molecular weight is 223 g/mol. The van der Waals surface area contributed by atoms with Crippen molar-refractivity contribution in [2.75, 3.05) is 32.1 Å². The van der Waals surface area contributed by atoms with E-state index in [1.54, 1.807) is 0 Å². The summed E-state index contributed by atoms with van der Waals surface area (Å²) in [6.45, 7) is 4.69. The summed E-state index contributed by atoms with van der Waals surface area (Å²) in [6.07, 6.45) is 0.722. The molecule has 1 saturated heterocycles. The Morgan fingerprint density at radius 2 is 2.00 bits per heavy atom. The molecule has 0 saturated carbocycles. The van der Waals surface area contributed by atoms with E-state index in [0.29, 0.717) is 13.2 Å². The van der Waals surface area contributed by atoms with Crippen LogP contribution in [0.4, 0.5) is 0 Å². The standard InChI is InChI=1S/C8H17NO4S/c1-2-8(7-14(10,11)12)9-3-5-13-6-4-9/h8H,2-7H2,1H3,(H,10,11,12). The van der Waals surface area contributed by atoms with E-state index in [0.717, 1.165) is 19.5 Å². The van der Waals surface area contributed by atoms with Crippen LogP contribution < -0.4 is 0 Å². The van der Waals surface area contributed by atoms with Crippen LogP contribution in [0.2, 0.25) is 0 Å². The lowest BCUT2D eigenvalue weighted by Gasteiger charge is -2.33. The van der Waals surface area contributed by atoms with Crippen molar-refractivity contribution in [1.29, 1.82) is 0 Å². The van der Waals surface area contributed by atoms with Gasteiger partial charge >= 0.3 is 0 Å². The first-order valence-electron chi connectivity index (χ1n) is 4.80. The topological polar surface area (TPSA) is 66.8 Å². The summed E-state index contributed by atoms with van der Waals surface area (Å²) in [6, 6.07) is -0.0890. The molecule has 0 aromatic heterocycles. The van der Waals surface area contributed by atoms with Crippen LogP contribution in [-0.2, 0) is 14.9 Å². The van der Waals surface area contributed by atoms with Gasteiger partial charge < -0.3 is 4.74 Å². The van der Waals surface area contributed by atoms with Gasteiger partial charge in [0.25, 0.3) is 10.1 Å². The van der Waals surface area contributed by atoms with Crippen molar-refractivity contribution in [3.05, 3.63) is 0 Å². The van der Waals surface area contributed by atoms with E-state index in [4.69, 9.17) is 9.29 Å². The monoisotopic (exact) mass is 223 g/mol. The van der Waals surface area contributed by atoms with Crippen LogP contribution in [0.15, 0.2) is 0 Å². The van der Waals surface area contributed by atoms with E-state index in [1.165, 1.54) is 0 Å². The lowest BCUT2D eigenvalue weighted by atomic mass is 10.2. The highest BCUT2D eigenvalue weighted by atomic mass is 32.2. The second-order valence-electron chi connectivity index (χ2n) is 3.46. The van der Waals surface area contributed by atoms with Crippen LogP contribution in [0.1, 0.15) is 13.3 Å². The smallest absolute Gasteiger partial charge is 0.266 e. The maximum Gasteiger partial charge on any atom is 0.266 e. The molecule has 84 valence electrons. The number of nitrogens with zero attached hydrogens (tertiary/aromatic N) is 1. The van der Waals surface area contributed by atoms with Gasteiger partial charge in [-0.05, 0) is 6.42 Å². The van der Waals surface area contributed by atoms with Gasteiger partial charge in [-0.1, -0.05) is 6.92 Å². The molecule has 1 heterocycles. The second-order valence-corrected chi connectivity index (χ2v) is 4.96. The third-order valence-electron chi connectivity index (χ3n) is 2.44. The van der Waals surface area contributed by atoms with E-state index in [1.807, 2.05) is 6.92 Å². The molecule has 0 aromatic carbocycles. The molecule has 0 bridgehead atoms. The number of rotatable bonds is 4. The minimum absolute atomic E-state index is 0.0890. The third kappa shape index (κ3) is 3.91. The first kappa shape index (κ1) is 11.9. The molecule has 1 fully saturated rings. The predicted octanol–water partition coefficient (Wildman–Crippen LogP) is -0.0150. The predicted molar refractivity (Wildman–Crippen MR) is 52.9 cm³/mol. The Bertz CT molecular complexity index is 259. The maximum atomic E-state index is 10.7. The van der Waals surface area contributed by atoms with E-state index in [-0.39, 0.29) is 11.8 Å². The van der Waals surface area contributed by atoms with Crippen molar-refractivity contribution in [2.24, 2.45) is 0 Å². The summed E-state index contributed by atoms with van der Waals surface area (Å²) < 4.78 is 35.4. The summed E-state index contributed by atoms with van der Waals surface area (Å²) in [5, 5.41) is 0. The Kier molecular flexibility index (Phi) is 4.31. The third-order valence-corrected chi connectivity index (χ3v) is 3.24. The minimum Gasteiger partial charge on any atom is -0.379 e. The van der Waals surface area contributed by atoms with Crippen LogP contribution in [0.5, 0.6) is 0 Å². The largest absolute Gasteiger partial charge is 0.379 e. The zero-order valence-electron chi connectivity index (χ0n) is 8.35. The van der Waals surface area contributed by atoms with Gasteiger partial charge in [0.05, 0.1) is 19.0 Å². The summed E-state index contributed by atoms with van der Waals surface area (Å²) in [4.78, 5) is 2.05. The molecule has 1 aliphatic heterocycles. The second kappa shape index (κ2) is 5.06. The quantitative estimate of drug-likeness (QED) is 0.679. The normalized spacial score (nSPS) is 22.1. The fraction of sp³-hybridized carbons (Fsp3) is 1.00. The number of ether oxygens (including phenoxy) is 1. The van der Waals surface area contributed by atoms with Crippen molar-refractivity contribution < 1.29 is 17.7 Å². The van der Waals surface area contributed by atoms with E-state index >= 15 is 0 Å². The van der Waals surface area contributed by atoms with E-state index < -0.39 is 10.1 Å². The molecule has 6 heteroatoms. The van der Waals surface area contributed by atoms with Gasteiger partial charge in [-0.2, -0.15) is 8.42 Å². The molecule has 0 spiro atoms. The molecule has 0 amide bonds. The zero-order valence-corrected chi connectivity index (χ0v) is 9.16. The van der Waals surface area contributed by atoms with Gasteiger partial charge in [0, 0.05) is 19.1 Å². The van der Waals surface area contributed by atoms with Crippen molar-refractivity contribution in [2.45, 2.75) is 19.4 Å². The molecule has 14 heavy (non-hydrogen) atoms. The molecule has 1 N–H and O–H groups in total. The molecule has 1 rings (SSSR count). The van der Waals surface area contributed by atoms with Crippen LogP contribution >= 0.6 is 0 Å². The van der Waals surface area contributed by atoms with E-state index in [9.17, 15) is 8.42 Å². The highest BCUT2D eigenvalue weighted by molar-refractivity contribution is 7.85. The molecular weight excluding hydrogens is 206 g/mol. The first-order chi connectivity index (χ1) is 6.53. The minimum atomic E-state index is -3.87. The zero-order chi connectivity index (χ0) is 10.6. The molecule has 5 nitrogen and oxygen atoms in total. The van der Waals surface area contributed by atoms with Crippen molar-refractivity contribution >= 4 is 10.1 Å². The van der Waals surface area contributed by atoms with Crippen LogP contribution in [-0.4, -0.2) is 56.0 Å². The van der Waals surface area contributed by atoms with E-state index in [2.05, 4.69) is 4.90 Å². The van der Waals surface area contributed by atoms with Gasteiger partial charge in [0.2, 0.25) is 0 Å². The summed E-state index contributed by atoms with van der Waals surface area (Å²) in [5.74, 6) is -0.177. The Balaban J connectivity index is 2.52. The molecule has 0 aromatic rings. The van der Waals surface area contributed by atoms with Crippen LogP contribution in [0.3, 0.4) is 0 Å². The van der Waals surface area contributed by atoms with Crippen molar-refractivity contribution in [3.63, 3.8) is 0 Å². The van der Waals surface area contributed by atoms with Gasteiger partial charge in [-0.3, -0.25) is 9.45 Å². The molecular formula is C8H17NO4S. The Labute approximate surface area is 84.8 Å². The molecule has 1 atom stereocenters. The average Bonchev–Trinajstić information content (AvgIpc) is 2.14. The number of morpholine rings is 1. The summed E-state index contributed by atoms with van der Waals surface area (Å²) in [5.41, 5.74) is 0. The Morgan fingerprint density at radius 1 is 1.43 bits per heavy atom. The molecule has 1 unspecified atom stereocenters. The lowest BCUT2D eigenvalue weighted by Crippen LogP contribution is -2.46. The van der Waals surface area contributed by atoms with Crippen molar-refractivity contribution in [1.82, 2.24) is 4.90 Å². The van der Waals surface area contributed by atoms with Crippen LogP contribution in [0, 0.1) is 0 Å². The summed E-state index contributed by atoms with van der Waals surface area (Å²) in [7, 11) is -3.87. The molecule has 1 aliphatic rings. The van der Waals surface area contributed by atoms with Gasteiger partial charge in [-0.15, -0.1) is 0 Å². The fourth-order valence-corrected chi connectivity index (χ4v) is 2.60. The van der Waals surface area contributed by atoms with Crippen LogP contribution in [0.25, 0.3) is 0 Å².